The number of rotatable bonds is 30. The van der Waals surface area contributed by atoms with Gasteiger partial charge in [0, 0.05) is 7.11 Å². The molecule has 0 heterocycles. The molecule has 0 aromatic carbocycles. The lowest BCUT2D eigenvalue weighted by molar-refractivity contribution is -0.108. The molecule has 0 aliphatic rings. The van der Waals surface area contributed by atoms with E-state index in [-0.39, 0.29) is 55.9 Å². The lowest BCUT2D eigenvalue weighted by Crippen LogP contribution is -2.30. The van der Waals surface area contributed by atoms with Gasteiger partial charge in [-0.3, -0.25) is 0 Å². The van der Waals surface area contributed by atoms with Gasteiger partial charge in [0.05, 0.1) is 141 Å². The summed E-state index contributed by atoms with van der Waals surface area (Å²) >= 11 is 0. The quantitative estimate of drug-likeness (QED) is 0.0975. The summed E-state index contributed by atoms with van der Waals surface area (Å²) in [5, 5.41) is 25.8. The highest BCUT2D eigenvalue weighted by molar-refractivity contribution is 4.59. The molecule has 8 unspecified atom stereocenters. The van der Waals surface area contributed by atoms with E-state index in [1.165, 1.54) is 0 Å². The lowest BCUT2D eigenvalue weighted by Gasteiger charge is -2.23. The molecule has 0 spiro atoms. The van der Waals surface area contributed by atoms with Crippen LogP contribution in [-0.4, -0.2) is 164 Å². The van der Waals surface area contributed by atoms with Crippen molar-refractivity contribution in [2.24, 2.45) is 0 Å². The van der Waals surface area contributed by atoms with Crippen LogP contribution < -0.4 is 0 Å². The zero-order valence-corrected chi connectivity index (χ0v) is 28.9. The van der Waals surface area contributed by atoms with E-state index < -0.39 is 6.10 Å². The number of aliphatic hydroxyl groups is 3. The van der Waals surface area contributed by atoms with Gasteiger partial charge in [0.25, 0.3) is 0 Å². The predicted molar refractivity (Wildman–Crippen MR) is 167 cm³/mol. The minimum Gasteiger partial charge on any atom is -0.394 e. The Morgan fingerprint density at radius 3 is 0.864 bits per heavy atom. The van der Waals surface area contributed by atoms with Gasteiger partial charge >= 0.3 is 0 Å². The Hall–Kier alpha value is -0.520. The highest BCUT2D eigenvalue weighted by Crippen LogP contribution is 2.05. The van der Waals surface area contributed by atoms with Crippen molar-refractivity contribution in [1.29, 1.82) is 0 Å². The molecular weight excluding hydrogens is 580 g/mol. The molecule has 0 saturated carbocycles. The third kappa shape index (κ3) is 34.4. The van der Waals surface area contributed by atoms with Crippen molar-refractivity contribution in [3.63, 3.8) is 0 Å². The Morgan fingerprint density at radius 2 is 0.636 bits per heavy atom. The lowest BCUT2D eigenvalue weighted by atomic mass is 10.3. The van der Waals surface area contributed by atoms with Gasteiger partial charge < -0.3 is 62.7 Å². The second kappa shape index (κ2) is 32.4. The van der Waals surface area contributed by atoms with Crippen molar-refractivity contribution in [3.8, 4) is 0 Å². The summed E-state index contributed by atoms with van der Waals surface area (Å²) in [5.41, 5.74) is 0. The maximum atomic E-state index is 9.25. The fourth-order valence-electron chi connectivity index (χ4n) is 3.12. The number of hydrogen-bond acceptors (Lipinski definition) is 13. The highest BCUT2D eigenvalue weighted by atomic mass is 16.6. The Kier molecular flexibility index (Phi) is 33.6. The summed E-state index contributed by atoms with van der Waals surface area (Å²) in [7, 11) is 1.66. The van der Waals surface area contributed by atoms with Gasteiger partial charge in [0.15, 0.2) is 0 Å². The maximum Gasteiger partial charge on any atom is 0.0781 e. The van der Waals surface area contributed by atoms with Crippen LogP contribution in [0.3, 0.4) is 0 Å². The summed E-state index contributed by atoms with van der Waals surface area (Å²) < 4.78 is 55.0. The zero-order valence-electron chi connectivity index (χ0n) is 28.9. The standard InChI is InChI=1S/C25H52O9.C6H14O4/c1-18(26)10-28-20(3)12-30-22(5)14-32-24(7)16-34-25(8)17-33-23(6)15-31-21(4)13-29-19(2)11-27-9;7-1-3-9-5-6-10-4-2-8/h18-26H,10-17H2,1-9H3;7-8H,1-6H2. The molecule has 0 aromatic heterocycles. The van der Waals surface area contributed by atoms with Crippen LogP contribution in [0, 0.1) is 0 Å². The average molecular weight is 647 g/mol. The van der Waals surface area contributed by atoms with Crippen LogP contribution in [0.25, 0.3) is 0 Å². The molecule has 0 rings (SSSR count). The van der Waals surface area contributed by atoms with Crippen LogP contribution in [0.5, 0.6) is 0 Å². The number of aliphatic hydroxyl groups excluding tert-OH is 3. The van der Waals surface area contributed by atoms with E-state index in [1.54, 1.807) is 14.0 Å². The molecule has 0 amide bonds. The van der Waals surface area contributed by atoms with Gasteiger partial charge in [-0.2, -0.15) is 0 Å². The van der Waals surface area contributed by atoms with E-state index in [4.69, 9.17) is 57.6 Å². The Morgan fingerprint density at radius 1 is 0.386 bits per heavy atom. The smallest absolute Gasteiger partial charge is 0.0781 e. The van der Waals surface area contributed by atoms with Crippen LogP contribution in [0.1, 0.15) is 55.4 Å². The van der Waals surface area contributed by atoms with Crippen LogP contribution in [0.2, 0.25) is 0 Å². The largest absolute Gasteiger partial charge is 0.394 e. The SMILES string of the molecule is COCC(C)OCC(C)OCC(C)OCC(C)OCC(C)OCC(C)OCC(C)OCC(C)O.OCCOCCOCCO. The topological polar surface area (TPSA) is 153 Å². The van der Waals surface area contributed by atoms with Crippen molar-refractivity contribution in [2.75, 3.05) is 99.6 Å². The molecule has 0 aliphatic carbocycles. The van der Waals surface area contributed by atoms with E-state index >= 15 is 0 Å². The molecule has 268 valence electrons. The van der Waals surface area contributed by atoms with Crippen molar-refractivity contribution < 1.29 is 62.7 Å². The van der Waals surface area contributed by atoms with Crippen molar-refractivity contribution in [2.45, 2.75) is 104 Å². The molecule has 13 nitrogen and oxygen atoms in total. The molecular formula is C31H66O13. The summed E-state index contributed by atoms with van der Waals surface area (Å²) in [5.74, 6) is 0. The van der Waals surface area contributed by atoms with E-state index in [0.29, 0.717) is 79.3 Å². The minimum atomic E-state index is -0.474. The summed E-state index contributed by atoms with van der Waals surface area (Å²) in [6, 6.07) is 0. The van der Waals surface area contributed by atoms with Crippen molar-refractivity contribution >= 4 is 0 Å². The molecule has 0 aromatic rings. The maximum absolute atomic E-state index is 9.25. The van der Waals surface area contributed by atoms with Crippen LogP contribution in [0.15, 0.2) is 0 Å². The van der Waals surface area contributed by atoms with E-state index in [1.807, 2.05) is 48.5 Å². The number of methoxy groups -OCH3 is 1. The fourth-order valence-corrected chi connectivity index (χ4v) is 3.12. The first-order valence-electron chi connectivity index (χ1n) is 15.8. The third-order valence-electron chi connectivity index (χ3n) is 5.56. The Labute approximate surface area is 266 Å². The first-order valence-corrected chi connectivity index (χ1v) is 15.8. The molecule has 0 saturated heterocycles. The Bertz CT molecular complexity index is 565. The molecule has 0 bridgehead atoms. The molecule has 0 aliphatic heterocycles. The molecule has 3 N–H and O–H groups in total. The van der Waals surface area contributed by atoms with Gasteiger partial charge in [-0.15, -0.1) is 0 Å². The minimum absolute atomic E-state index is 0.0108. The van der Waals surface area contributed by atoms with E-state index in [0.717, 1.165) is 0 Å². The second-order valence-electron chi connectivity index (χ2n) is 11.0. The molecule has 0 radical (unpaired) electrons. The molecule has 13 heteroatoms. The van der Waals surface area contributed by atoms with Crippen molar-refractivity contribution in [3.05, 3.63) is 0 Å². The average Bonchev–Trinajstić information content (AvgIpc) is 2.99. The fraction of sp³-hybridized carbons (Fsp3) is 1.00. The third-order valence-corrected chi connectivity index (χ3v) is 5.56. The van der Waals surface area contributed by atoms with Crippen LogP contribution >= 0.6 is 0 Å². The summed E-state index contributed by atoms with van der Waals surface area (Å²) in [6.45, 7) is 21.0. The molecule has 44 heavy (non-hydrogen) atoms. The first kappa shape index (κ1) is 45.6. The van der Waals surface area contributed by atoms with E-state index in [9.17, 15) is 5.11 Å². The molecule has 0 fully saturated rings. The predicted octanol–water partition coefficient (Wildman–Crippen LogP) is 1.85. The summed E-state index contributed by atoms with van der Waals surface area (Å²) in [4.78, 5) is 0. The molecule has 8 atom stereocenters. The second-order valence-corrected chi connectivity index (χ2v) is 11.0. The van der Waals surface area contributed by atoms with E-state index in [2.05, 4.69) is 0 Å². The monoisotopic (exact) mass is 646 g/mol. The number of ether oxygens (including phenoxy) is 10. The van der Waals surface area contributed by atoms with Gasteiger partial charge in [0.2, 0.25) is 0 Å². The number of hydrogen-bond donors (Lipinski definition) is 3. The van der Waals surface area contributed by atoms with Gasteiger partial charge in [0.1, 0.15) is 0 Å². The van der Waals surface area contributed by atoms with Gasteiger partial charge in [-0.1, -0.05) is 0 Å². The van der Waals surface area contributed by atoms with Crippen LogP contribution in [-0.2, 0) is 47.4 Å². The van der Waals surface area contributed by atoms with Gasteiger partial charge in [-0.25, -0.2) is 0 Å². The zero-order chi connectivity index (χ0) is 33.6. The van der Waals surface area contributed by atoms with Crippen molar-refractivity contribution in [1.82, 2.24) is 0 Å². The Balaban J connectivity index is 0. The highest BCUT2D eigenvalue weighted by Gasteiger charge is 2.14. The normalized spacial score (nSPS) is 17.2. The van der Waals surface area contributed by atoms with Gasteiger partial charge in [-0.05, 0) is 55.4 Å². The summed E-state index contributed by atoms with van der Waals surface area (Å²) in [6.07, 6.45) is -0.714. The van der Waals surface area contributed by atoms with Crippen LogP contribution in [0.4, 0.5) is 0 Å². The first-order chi connectivity index (χ1) is 20.9.